The molecule has 0 saturated carbocycles. The minimum Gasteiger partial charge on any atom is -0.484 e. The Morgan fingerprint density at radius 2 is 1.80 bits per heavy atom. The normalized spacial score (nSPS) is 20.7. The topological polar surface area (TPSA) is 179 Å². The summed E-state index contributed by atoms with van der Waals surface area (Å²) in [5.74, 6) is 1.02. The third-order valence-electron chi connectivity index (χ3n) is 6.15. The summed E-state index contributed by atoms with van der Waals surface area (Å²) in [6.07, 6.45) is -6.27. The Bertz CT molecular complexity index is 1060. The van der Waals surface area contributed by atoms with Gasteiger partial charge < -0.3 is 39.8 Å². The standard InChI is InChI=1S/C24H34O11/c1-12-7-16(27)15-8-13-9-19(35-32-11-18(29)21(31)20(30)17(28)10-26)24(2,3)34-22(13)14(5-4-6-25)23(15)33-12/h7-8,17-21,25-26,28-31H,4-6,9-11H2,1-3H3. The molecule has 1 aliphatic heterocycles. The van der Waals surface area contributed by atoms with E-state index in [2.05, 4.69) is 0 Å². The highest BCUT2D eigenvalue weighted by Gasteiger charge is 2.41. The predicted molar refractivity (Wildman–Crippen MR) is 123 cm³/mol. The van der Waals surface area contributed by atoms with Crippen LogP contribution in [0.1, 0.15) is 37.2 Å². The zero-order chi connectivity index (χ0) is 25.9. The molecule has 5 atom stereocenters. The lowest BCUT2D eigenvalue weighted by molar-refractivity contribution is -0.358. The van der Waals surface area contributed by atoms with Crippen molar-refractivity contribution in [2.75, 3.05) is 19.8 Å². The van der Waals surface area contributed by atoms with Gasteiger partial charge >= 0.3 is 0 Å². The first kappa shape index (κ1) is 27.5. The molecule has 11 nitrogen and oxygen atoms in total. The van der Waals surface area contributed by atoms with Crippen LogP contribution in [0.5, 0.6) is 5.75 Å². The minimum absolute atomic E-state index is 0.0393. The number of rotatable bonds is 11. The van der Waals surface area contributed by atoms with Crippen LogP contribution < -0.4 is 10.2 Å². The molecule has 2 heterocycles. The molecular weight excluding hydrogens is 464 g/mol. The predicted octanol–water partition coefficient (Wildman–Crippen LogP) is -0.507. The van der Waals surface area contributed by atoms with E-state index in [1.165, 1.54) is 6.07 Å². The molecule has 0 bridgehead atoms. The number of benzene rings is 1. The van der Waals surface area contributed by atoms with Gasteiger partial charge in [-0.1, -0.05) is 0 Å². The van der Waals surface area contributed by atoms with E-state index in [0.717, 1.165) is 0 Å². The van der Waals surface area contributed by atoms with Crippen molar-refractivity contribution >= 4 is 11.0 Å². The summed E-state index contributed by atoms with van der Waals surface area (Å²) < 4.78 is 12.1. The van der Waals surface area contributed by atoms with E-state index in [-0.39, 0.29) is 12.0 Å². The Kier molecular flexibility index (Phi) is 8.89. The van der Waals surface area contributed by atoms with Crippen LogP contribution in [0.3, 0.4) is 0 Å². The van der Waals surface area contributed by atoms with E-state index in [0.29, 0.717) is 52.9 Å². The average Bonchev–Trinajstić information content (AvgIpc) is 2.81. The van der Waals surface area contributed by atoms with E-state index in [1.54, 1.807) is 26.8 Å². The molecular formula is C24H34O11. The van der Waals surface area contributed by atoms with Gasteiger partial charge in [0.2, 0.25) is 0 Å². The van der Waals surface area contributed by atoms with Crippen LogP contribution in [0.2, 0.25) is 0 Å². The lowest BCUT2D eigenvalue weighted by atomic mass is 9.88. The summed E-state index contributed by atoms with van der Waals surface area (Å²) >= 11 is 0. The molecule has 0 saturated heterocycles. The average molecular weight is 499 g/mol. The van der Waals surface area contributed by atoms with Gasteiger partial charge in [0, 0.05) is 24.7 Å². The first-order chi connectivity index (χ1) is 16.5. The maximum atomic E-state index is 12.6. The van der Waals surface area contributed by atoms with Crippen LogP contribution in [0.25, 0.3) is 11.0 Å². The highest BCUT2D eigenvalue weighted by Crippen LogP contribution is 2.41. The maximum Gasteiger partial charge on any atom is 0.192 e. The first-order valence-electron chi connectivity index (χ1n) is 11.5. The van der Waals surface area contributed by atoms with E-state index in [1.807, 2.05) is 0 Å². The monoisotopic (exact) mass is 498 g/mol. The van der Waals surface area contributed by atoms with Crippen molar-refractivity contribution in [2.45, 2.75) is 76.2 Å². The third-order valence-corrected chi connectivity index (χ3v) is 6.15. The number of aliphatic hydroxyl groups is 6. The minimum atomic E-state index is -1.78. The van der Waals surface area contributed by atoms with Crippen molar-refractivity contribution in [3.63, 3.8) is 0 Å². The summed E-state index contributed by atoms with van der Waals surface area (Å²) in [5.41, 5.74) is 0.700. The molecule has 11 heteroatoms. The van der Waals surface area contributed by atoms with Gasteiger partial charge in [0.25, 0.3) is 0 Å². The lowest BCUT2D eigenvalue weighted by Gasteiger charge is -2.39. The zero-order valence-electron chi connectivity index (χ0n) is 20.0. The number of fused-ring (bicyclic) bond motifs is 2. The second-order valence-electron chi connectivity index (χ2n) is 9.35. The zero-order valence-corrected chi connectivity index (χ0v) is 20.0. The molecule has 196 valence electrons. The number of ether oxygens (including phenoxy) is 1. The molecule has 0 fully saturated rings. The fourth-order valence-electron chi connectivity index (χ4n) is 4.06. The molecule has 0 aliphatic carbocycles. The second kappa shape index (κ2) is 11.3. The van der Waals surface area contributed by atoms with Crippen molar-refractivity contribution in [1.82, 2.24) is 0 Å². The summed E-state index contributed by atoms with van der Waals surface area (Å²) in [4.78, 5) is 23.3. The fraction of sp³-hybridized carbons (Fsp3) is 0.625. The maximum absolute atomic E-state index is 12.6. The van der Waals surface area contributed by atoms with Crippen molar-refractivity contribution < 1.29 is 49.6 Å². The Balaban J connectivity index is 1.81. The Labute approximate surface area is 202 Å². The van der Waals surface area contributed by atoms with Gasteiger partial charge in [0.05, 0.1) is 12.0 Å². The van der Waals surface area contributed by atoms with Crippen LogP contribution in [0, 0.1) is 6.92 Å². The molecule has 1 aliphatic rings. The van der Waals surface area contributed by atoms with Crippen LogP contribution >= 0.6 is 0 Å². The van der Waals surface area contributed by atoms with E-state index >= 15 is 0 Å². The smallest absolute Gasteiger partial charge is 0.192 e. The number of aryl methyl sites for hydroxylation is 2. The largest absolute Gasteiger partial charge is 0.484 e. The molecule has 0 radical (unpaired) electrons. The Morgan fingerprint density at radius 1 is 1.11 bits per heavy atom. The van der Waals surface area contributed by atoms with Crippen LogP contribution in [0.15, 0.2) is 21.3 Å². The molecule has 1 aromatic heterocycles. The number of aliphatic hydroxyl groups excluding tert-OH is 6. The molecule has 1 aromatic carbocycles. The number of hydrogen-bond acceptors (Lipinski definition) is 11. The molecule has 5 unspecified atom stereocenters. The molecule has 0 amide bonds. The van der Waals surface area contributed by atoms with E-state index < -0.39 is 49.3 Å². The van der Waals surface area contributed by atoms with Gasteiger partial charge in [-0.05, 0) is 45.2 Å². The summed E-state index contributed by atoms with van der Waals surface area (Å²) in [6.45, 7) is 3.89. The highest BCUT2D eigenvalue weighted by molar-refractivity contribution is 5.84. The van der Waals surface area contributed by atoms with Crippen molar-refractivity contribution in [3.8, 4) is 5.75 Å². The van der Waals surface area contributed by atoms with Gasteiger partial charge in [-0.3, -0.25) is 4.79 Å². The van der Waals surface area contributed by atoms with Gasteiger partial charge in [-0.15, -0.1) is 0 Å². The highest BCUT2D eigenvalue weighted by atomic mass is 17.2. The Morgan fingerprint density at radius 3 is 2.46 bits per heavy atom. The molecule has 3 rings (SSSR count). The first-order valence-corrected chi connectivity index (χ1v) is 11.5. The van der Waals surface area contributed by atoms with Gasteiger partial charge in [-0.2, -0.15) is 0 Å². The van der Waals surface area contributed by atoms with Crippen LogP contribution in [0.4, 0.5) is 0 Å². The van der Waals surface area contributed by atoms with E-state index in [9.17, 15) is 30.3 Å². The van der Waals surface area contributed by atoms with Gasteiger partial charge in [-0.25, -0.2) is 9.78 Å². The van der Waals surface area contributed by atoms with Crippen molar-refractivity contribution in [1.29, 1.82) is 0 Å². The summed E-state index contributed by atoms with van der Waals surface area (Å²) in [5, 5.41) is 57.7. The Hall–Kier alpha value is -2.09. The van der Waals surface area contributed by atoms with Crippen LogP contribution in [-0.2, 0) is 22.6 Å². The third kappa shape index (κ3) is 6.01. The fourth-order valence-corrected chi connectivity index (χ4v) is 4.06. The van der Waals surface area contributed by atoms with Gasteiger partial charge in [0.15, 0.2) is 5.43 Å². The number of hydrogen-bond donors (Lipinski definition) is 6. The summed E-state index contributed by atoms with van der Waals surface area (Å²) in [6, 6.07) is 3.10. The molecule has 0 spiro atoms. The van der Waals surface area contributed by atoms with Crippen molar-refractivity contribution in [3.05, 3.63) is 39.2 Å². The SMILES string of the molecule is Cc1cc(=O)c2cc3c(c(CCCO)c2o1)OC(C)(C)C(OOCC(O)C(O)C(O)C(O)CO)C3. The second-order valence-corrected chi connectivity index (χ2v) is 9.35. The lowest BCUT2D eigenvalue weighted by Crippen LogP contribution is -2.49. The van der Waals surface area contributed by atoms with E-state index in [4.69, 9.17) is 24.0 Å². The van der Waals surface area contributed by atoms with Crippen molar-refractivity contribution in [2.24, 2.45) is 0 Å². The molecule has 2 aromatic rings. The quantitative estimate of drug-likeness (QED) is 0.174. The molecule has 35 heavy (non-hydrogen) atoms. The molecule has 6 N–H and O–H groups in total. The van der Waals surface area contributed by atoms with Gasteiger partial charge in [0.1, 0.15) is 59.8 Å². The summed E-state index contributed by atoms with van der Waals surface area (Å²) in [7, 11) is 0. The van der Waals surface area contributed by atoms with Crippen LogP contribution in [-0.4, -0.2) is 86.6 Å².